The second-order valence-corrected chi connectivity index (χ2v) is 9.40. The van der Waals surface area contributed by atoms with Crippen molar-refractivity contribution in [1.29, 1.82) is 5.26 Å². The van der Waals surface area contributed by atoms with Crippen molar-refractivity contribution in [3.05, 3.63) is 77.2 Å². The smallest absolute Gasteiger partial charge is 0.244 e. The van der Waals surface area contributed by atoms with Gasteiger partial charge in [0.25, 0.3) is 0 Å². The van der Waals surface area contributed by atoms with Gasteiger partial charge in [0.2, 0.25) is 5.89 Å². The van der Waals surface area contributed by atoms with Gasteiger partial charge in [-0.25, -0.2) is 12.8 Å². The average molecular weight is 442 g/mol. The lowest BCUT2D eigenvalue weighted by Gasteiger charge is -2.21. The van der Waals surface area contributed by atoms with Crippen LogP contribution in [0.2, 0.25) is 0 Å². The zero-order valence-corrected chi connectivity index (χ0v) is 17.2. The van der Waals surface area contributed by atoms with E-state index < -0.39 is 27.5 Å². The number of benzene rings is 2. The first kappa shape index (κ1) is 21.1. The largest absolute Gasteiger partial charge is 0.392 e. The summed E-state index contributed by atoms with van der Waals surface area (Å²) < 4.78 is 43.5. The van der Waals surface area contributed by atoms with Gasteiger partial charge in [-0.3, -0.25) is 4.90 Å². The molecule has 2 unspecified atom stereocenters. The predicted molar refractivity (Wildman–Crippen MR) is 107 cm³/mol. The SMILES string of the molecule is N#Cc1cccc(CN2CC(O)CC2c2nc(CS(=O)(=O)c3ccc(F)cc3)no2)c1. The minimum absolute atomic E-state index is 0.00728. The number of hydrogen-bond acceptors (Lipinski definition) is 8. The van der Waals surface area contributed by atoms with E-state index in [1.165, 1.54) is 12.1 Å². The van der Waals surface area contributed by atoms with Crippen LogP contribution in [0.15, 0.2) is 57.9 Å². The third-order valence-electron chi connectivity index (χ3n) is 5.08. The number of β-amino-alcohol motifs (C(OH)–C–C–N with tert-alkyl or cyclic N) is 1. The summed E-state index contributed by atoms with van der Waals surface area (Å²) in [6.45, 7) is 0.843. The van der Waals surface area contributed by atoms with Crippen LogP contribution >= 0.6 is 0 Å². The second-order valence-electron chi connectivity index (χ2n) is 7.41. The van der Waals surface area contributed by atoms with E-state index in [0.29, 0.717) is 25.1 Å². The molecule has 10 heteroatoms. The van der Waals surface area contributed by atoms with Gasteiger partial charge in [0, 0.05) is 13.1 Å². The minimum Gasteiger partial charge on any atom is -0.392 e. The average Bonchev–Trinajstić information content (AvgIpc) is 3.34. The van der Waals surface area contributed by atoms with Gasteiger partial charge < -0.3 is 9.63 Å². The molecule has 1 saturated heterocycles. The maximum Gasteiger partial charge on any atom is 0.244 e. The molecule has 1 fully saturated rings. The first-order chi connectivity index (χ1) is 14.8. The van der Waals surface area contributed by atoms with Gasteiger partial charge in [-0.2, -0.15) is 10.2 Å². The van der Waals surface area contributed by atoms with Crippen LogP contribution < -0.4 is 0 Å². The molecular formula is C21H19FN4O4S. The van der Waals surface area contributed by atoms with Crippen molar-refractivity contribution in [1.82, 2.24) is 15.0 Å². The van der Waals surface area contributed by atoms with Gasteiger partial charge in [-0.15, -0.1) is 0 Å². The molecule has 0 amide bonds. The first-order valence-corrected chi connectivity index (χ1v) is 11.2. The molecule has 2 atom stereocenters. The van der Waals surface area contributed by atoms with Gasteiger partial charge >= 0.3 is 0 Å². The lowest BCUT2D eigenvalue weighted by molar-refractivity contribution is 0.169. The van der Waals surface area contributed by atoms with E-state index in [0.717, 1.165) is 17.7 Å². The van der Waals surface area contributed by atoms with Crippen LogP contribution in [-0.2, 0) is 22.1 Å². The Hall–Kier alpha value is -3.13. The molecule has 1 aliphatic heterocycles. The monoisotopic (exact) mass is 442 g/mol. The Bertz CT molecular complexity index is 1220. The normalized spacial score (nSPS) is 19.4. The highest BCUT2D eigenvalue weighted by Crippen LogP contribution is 2.33. The first-order valence-electron chi connectivity index (χ1n) is 9.56. The highest BCUT2D eigenvalue weighted by Gasteiger charge is 2.36. The van der Waals surface area contributed by atoms with Crippen LogP contribution in [0.25, 0.3) is 0 Å². The molecule has 0 aliphatic carbocycles. The number of nitriles is 1. The lowest BCUT2D eigenvalue weighted by Crippen LogP contribution is -2.24. The van der Waals surface area contributed by atoms with Crippen LogP contribution in [0.5, 0.6) is 0 Å². The van der Waals surface area contributed by atoms with Gasteiger partial charge in [-0.05, 0) is 48.4 Å². The quantitative estimate of drug-likeness (QED) is 0.578. The Kier molecular flexibility index (Phi) is 5.82. The van der Waals surface area contributed by atoms with Crippen molar-refractivity contribution in [3.8, 4) is 6.07 Å². The fourth-order valence-electron chi connectivity index (χ4n) is 3.64. The minimum atomic E-state index is -3.77. The van der Waals surface area contributed by atoms with Crippen LogP contribution in [0.3, 0.4) is 0 Å². The van der Waals surface area contributed by atoms with E-state index in [4.69, 9.17) is 9.78 Å². The van der Waals surface area contributed by atoms with Gasteiger partial charge in [-0.1, -0.05) is 17.3 Å². The summed E-state index contributed by atoms with van der Waals surface area (Å²) in [5, 5.41) is 23.0. The lowest BCUT2D eigenvalue weighted by atomic mass is 10.1. The van der Waals surface area contributed by atoms with Gasteiger partial charge in [0.15, 0.2) is 15.7 Å². The summed E-state index contributed by atoms with van der Waals surface area (Å²) in [6.07, 6.45) is -0.230. The Morgan fingerprint density at radius 2 is 2.03 bits per heavy atom. The summed E-state index contributed by atoms with van der Waals surface area (Å²) >= 11 is 0. The van der Waals surface area contributed by atoms with E-state index in [2.05, 4.69) is 16.2 Å². The van der Waals surface area contributed by atoms with Crippen molar-refractivity contribution in [2.75, 3.05) is 6.54 Å². The van der Waals surface area contributed by atoms with E-state index in [9.17, 15) is 17.9 Å². The second kappa shape index (κ2) is 8.55. The molecule has 3 aromatic rings. The number of nitrogens with zero attached hydrogens (tertiary/aromatic N) is 4. The predicted octanol–water partition coefficient (Wildman–Crippen LogP) is 2.36. The summed E-state index contributed by atoms with van der Waals surface area (Å²) in [5.74, 6) is -0.799. The van der Waals surface area contributed by atoms with E-state index in [-0.39, 0.29) is 22.7 Å². The third kappa shape index (κ3) is 4.80. The molecule has 4 rings (SSSR count). The number of hydrogen-bond donors (Lipinski definition) is 1. The Balaban J connectivity index is 1.51. The van der Waals surface area contributed by atoms with Gasteiger partial charge in [0.05, 0.1) is 28.7 Å². The van der Waals surface area contributed by atoms with E-state index >= 15 is 0 Å². The Morgan fingerprint density at radius 3 is 2.77 bits per heavy atom. The highest BCUT2D eigenvalue weighted by atomic mass is 32.2. The summed E-state index contributed by atoms with van der Waals surface area (Å²) in [7, 11) is -3.77. The Labute approximate surface area is 178 Å². The number of sulfone groups is 1. The molecular weight excluding hydrogens is 423 g/mol. The summed E-state index contributed by atoms with van der Waals surface area (Å²) in [6, 6.07) is 13.4. The topological polar surface area (TPSA) is 120 Å². The molecule has 1 N–H and O–H groups in total. The molecule has 2 heterocycles. The van der Waals surface area contributed by atoms with Gasteiger partial charge in [0.1, 0.15) is 11.6 Å². The van der Waals surface area contributed by atoms with Crippen molar-refractivity contribution >= 4 is 9.84 Å². The van der Waals surface area contributed by atoms with Crippen LogP contribution in [0.1, 0.15) is 35.3 Å². The number of rotatable bonds is 6. The van der Waals surface area contributed by atoms with Crippen LogP contribution in [-0.4, -0.2) is 41.2 Å². The van der Waals surface area contributed by atoms with Crippen molar-refractivity contribution in [2.45, 2.75) is 35.8 Å². The molecule has 8 nitrogen and oxygen atoms in total. The fraction of sp³-hybridized carbons (Fsp3) is 0.286. The Morgan fingerprint density at radius 1 is 1.26 bits per heavy atom. The molecule has 0 saturated carbocycles. The number of halogens is 1. The summed E-state index contributed by atoms with van der Waals surface area (Å²) in [4.78, 5) is 6.16. The van der Waals surface area contributed by atoms with E-state index in [1.807, 2.05) is 11.0 Å². The molecule has 1 aromatic heterocycles. The third-order valence-corrected chi connectivity index (χ3v) is 6.71. The van der Waals surface area contributed by atoms with Crippen molar-refractivity contribution in [3.63, 3.8) is 0 Å². The number of aromatic nitrogens is 2. The van der Waals surface area contributed by atoms with Crippen molar-refractivity contribution in [2.24, 2.45) is 0 Å². The standard InChI is InChI=1S/C21H19FN4O4S/c22-16-4-6-18(7-5-16)31(28,29)13-20-24-21(30-25-20)19-9-17(27)12-26(19)11-15-3-1-2-14(8-15)10-23/h1-8,17,19,27H,9,11-13H2. The highest BCUT2D eigenvalue weighted by molar-refractivity contribution is 7.90. The number of aliphatic hydroxyl groups excluding tert-OH is 1. The zero-order valence-electron chi connectivity index (χ0n) is 16.3. The molecule has 0 radical (unpaired) electrons. The molecule has 1 aliphatic rings. The number of likely N-dealkylation sites (tertiary alicyclic amines) is 1. The molecule has 0 bridgehead atoms. The van der Waals surface area contributed by atoms with Crippen LogP contribution in [0, 0.1) is 17.1 Å². The van der Waals surface area contributed by atoms with Crippen LogP contribution in [0.4, 0.5) is 4.39 Å². The molecule has 31 heavy (non-hydrogen) atoms. The molecule has 0 spiro atoms. The fourth-order valence-corrected chi connectivity index (χ4v) is 4.82. The molecule has 160 valence electrons. The molecule has 2 aromatic carbocycles. The summed E-state index contributed by atoms with van der Waals surface area (Å²) in [5.41, 5.74) is 1.44. The maximum atomic E-state index is 13.1. The number of aliphatic hydroxyl groups is 1. The maximum absolute atomic E-state index is 13.1. The van der Waals surface area contributed by atoms with Crippen molar-refractivity contribution < 1.29 is 22.4 Å². The van der Waals surface area contributed by atoms with E-state index in [1.54, 1.807) is 18.2 Å². The zero-order chi connectivity index (χ0) is 22.0.